The molecular formula is C12H14ClN3O2. The monoisotopic (exact) mass is 267 g/mol. The van der Waals surface area contributed by atoms with Crippen molar-refractivity contribution in [3.63, 3.8) is 0 Å². The molecule has 0 atom stereocenters. The average Bonchev–Trinajstić information content (AvgIpc) is 2.34. The fourth-order valence-electron chi connectivity index (χ4n) is 1.21. The van der Waals surface area contributed by atoms with E-state index in [-0.39, 0.29) is 12.5 Å². The molecule has 0 unspecified atom stereocenters. The maximum atomic E-state index is 11.3. The lowest BCUT2D eigenvalue weighted by Gasteiger charge is -2.04. The van der Waals surface area contributed by atoms with Crippen LogP contribution in [0.25, 0.3) is 0 Å². The Labute approximate surface area is 110 Å². The lowest BCUT2D eigenvalue weighted by molar-refractivity contribution is -0.125. The van der Waals surface area contributed by atoms with Crippen LogP contribution >= 0.6 is 11.6 Å². The topological polar surface area (TPSA) is 70.6 Å². The van der Waals surface area contributed by atoms with Gasteiger partial charge < -0.3 is 5.32 Å². The minimum Gasteiger partial charge on any atom is -0.347 e. The second-order valence-corrected chi connectivity index (χ2v) is 4.03. The quantitative estimate of drug-likeness (QED) is 0.638. The molecule has 0 aliphatic carbocycles. The normalized spacial score (nSPS) is 10.9. The number of carbonyl (C=O) groups excluding carboxylic acids is 2. The molecule has 0 heterocycles. The van der Waals surface area contributed by atoms with Gasteiger partial charge in [0.2, 0.25) is 5.91 Å². The van der Waals surface area contributed by atoms with Gasteiger partial charge in [0.25, 0.3) is 5.91 Å². The van der Waals surface area contributed by atoms with Crippen LogP contribution in [-0.2, 0) is 9.59 Å². The van der Waals surface area contributed by atoms with Crippen molar-refractivity contribution in [2.75, 3.05) is 6.54 Å². The van der Waals surface area contributed by atoms with Crippen LogP contribution < -0.4 is 10.7 Å². The summed E-state index contributed by atoms with van der Waals surface area (Å²) in [6.45, 7) is 2.97. The van der Waals surface area contributed by atoms with Gasteiger partial charge in [-0.2, -0.15) is 5.10 Å². The van der Waals surface area contributed by atoms with E-state index < -0.39 is 5.91 Å². The van der Waals surface area contributed by atoms with Gasteiger partial charge in [-0.05, 0) is 13.0 Å². The minimum atomic E-state index is -0.392. The van der Waals surface area contributed by atoms with Gasteiger partial charge in [0.15, 0.2) is 0 Å². The Hall–Kier alpha value is -1.88. The van der Waals surface area contributed by atoms with Gasteiger partial charge in [0.1, 0.15) is 0 Å². The van der Waals surface area contributed by atoms with E-state index in [4.69, 9.17) is 11.6 Å². The first-order valence-corrected chi connectivity index (χ1v) is 5.71. The molecular weight excluding hydrogens is 254 g/mol. The number of benzene rings is 1. The molecule has 0 aliphatic rings. The Bertz CT molecular complexity index is 486. The fraction of sp³-hybridized carbons (Fsp3) is 0.250. The predicted octanol–water partition coefficient (Wildman–Crippen LogP) is 1.32. The largest absolute Gasteiger partial charge is 0.347 e. The Morgan fingerprint density at radius 2 is 1.94 bits per heavy atom. The smallest absolute Gasteiger partial charge is 0.259 e. The standard InChI is InChI=1S/C12H14ClN3O2/c1-8(10-5-3-4-6-11(10)13)15-16-12(18)7-14-9(2)17/h3-6H,7H2,1-2H3,(H,14,17)(H,16,18)/b15-8+. The number of hydrazone groups is 1. The Morgan fingerprint density at radius 1 is 1.28 bits per heavy atom. The van der Waals surface area contributed by atoms with Gasteiger partial charge in [0, 0.05) is 17.5 Å². The number of halogens is 1. The molecule has 0 bridgehead atoms. The highest BCUT2D eigenvalue weighted by atomic mass is 35.5. The molecule has 0 aliphatic heterocycles. The number of nitrogens with one attached hydrogen (secondary N) is 2. The summed E-state index contributed by atoms with van der Waals surface area (Å²) in [7, 11) is 0. The lowest BCUT2D eigenvalue weighted by Crippen LogP contribution is -2.33. The average molecular weight is 268 g/mol. The van der Waals surface area contributed by atoms with Crippen molar-refractivity contribution < 1.29 is 9.59 Å². The molecule has 0 saturated carbocycles. The number of amides is 2. The maximum Gasteiger partial charge on any atom is 0.259 e. The number of nitrogens with zero attached hydrogens (tertiary/aromatic N) is 1. The van der Waals surface area contributed by atoms with Crippen LogP contribution in [0.4, 0.5) is 0 Å². The summed E-state index contributed by atoms with van der Waals surface area (Å²) < 4.78 is 0. The van der Waals surface area contributed by atoms with Crippen LogP contribution in [0.3, 0.4) is 0 Å². The van der Waals surface area contributed by atoms with E-state index in [1.165, 1.54) is 6.92 Å². The molecule has 0 aromatic heterocycles. The molecule has 5 nitrogen and oxygen atoms in total. The summed E-state index contributed by atoms with van der Waals surface area (Å²) in [6.07, 6.45) is 0. The molecule has 0 saturated heterocycles. The zero-order valence-electron chi connectivity index (χ0n) is 10.2. The van der Waals surface area contributed by atoms with E-state index >= 15 is 0 Å². The third kappa shape index (κ3) is 4.55. The molecule has 0 spiro atoms. The number of carbonyl (C=O) groups is 2. The van der Waals surface area contributed by atoms with E-state index in [0.717, 1.165) is 5.56 Å². The van der Waals surface area contributed by atoms with Crippen molar-refractivity contribution in [3.8, 4) is 0 Å². The number of rotatable bonds is 4. The van der Waals surface area contributed by atoms with Gasteiger partial charge in [-0.25, -0.2) is 5.43 Å². The molecule has 6 heteroatoms. The van der Waals surface area contributed by atoms with E-state index in [1.807, 2.05) is 12.1 Å². The second-order valence-electron chi connectivity index (χ2n) is 3.62. The van der Waals surface area contributed by atoms with Crippen molar-refractivity contribution in [2.45, 2.75) is 13.8 Å². The summed E-state index contributed by atoms with van der Waals surface area (Å²) in [6, 6.07) is 7.20. The van der Waals surface area contributed by atoms with Crippen LogP contribution in [0.15, 0.2) is 29.4 Å². The zero-order valence-corrected chi connectivity index (χ0v) is 10.9. The van der Waals surface area contributed by atoms with Crippen LogP contribution in [0, 0.1) is 0 Å². The van der Waals surface area contributed by atoms with E-state index in [0.29, 0.717) is 10.7 Å². The lowest BCUT2D eigenvalue weighted by atomic mass is 10.1. The Morgan fingerprint density at radius 3 is 2.56 bits per heavy atom. The molecule has 1 rings (SSSR count). The van der Waals surface area contributed by atoms with Crippen molar-refractivity contribution in [3.05, 3.63) is 34.9 Å². The zero-order chi connectivity index (χ0) is 13.5. The summed E-state index contributed by atoms with van der Waals surface area (Å²) in [5, 5.41) is 6.85. The molecule has 2 amide bonds. The van der Waals surface area contributed by atoms with Crippen molar-refractivity contribution >= 4 is 29.1 Å². The van der Waals surface area contributed by atoms with Crippen LogP contribution in [0.2, 0.25) is 5.02 Å². The minimum absolute atomic E-state index is 0.103. The first-order chi connectivity index (χ1) is 8.50. The van der Waals surface area contributed by atoms with Crippen LogP contribution in [0.5, 0.6) is 0 Å². The van der Waals surface area contributed by atoms with E-state index in [2.05, 4.69) is 15.8 Å². The summed E-state index contributed by atoms with van der Waals surface area (Å²) in [5.41, 5.74) is 3.68. The summed E-state index contributed by atoms with van der Waals surface area (Å²) in [5.74, 6) is -0.659. The molecule has 18 heavy (non-hydrogen) atoms. The van der Waals surface area contributed by atoms with Crippen molar-refractivity contribution in [2.24, 2.45) is 5.10 Å². The summed E-state index contributed by atoms with van der Waals surface area (Å²) in [4.78, 5) is 21.9. The van der Waals surface area contributed by atoms with Gasteiger partial charge in [-0.1, -0.05) is 29.8 Å². The summed E-state index contributed by atoms with van der Waals surface area (Å²) >= 11 is 5.99. The SMILES string of the molecule is CC(=O)NCC(=O)N/N=C(\C)c1ccccc1Cl. The molecule has 96 valence electrons. The molecule has 1 aromatic carbocycles. The molecule has 2 N–H and O–H groups in total. The molecule has 0 fully saturated rings. The third-order valence-corrected chi connectivity index (χ3v) is 2.44. The fourth-order valence-corrected chi connectivity index (χ4v) is 1.48. The van der Waals surface area contributed by atoms with Gasteiger partial charge in [0.05, 0.1) is 12.3 Å². The van der Waals surface area contributed by atoms with Gasteiger partial charge in [-0.3, -0.25) is 9.59 Å². The highest BCUT2D eigenvalue weighted by molar-refractivity contribution is 6.34. The van der Waals surface area contributed by atoms with Crippen molar-refractivity contribution in [1.29, 1.82) is 0 Å². The second kappa shape index (κ2) is 6.76. The van der Waals surface area contributed by atoms with Gasteiger partial charge in [-0.15, -0.1) is 0 Å². The maximum absolute atomic E-state index is 11.3. The highest BCUT2D eigenvalue weighted by Gasteiger charge is 2.04. The number of hydrogen-bond acceptors (Lipinski definition) is 3. The first kappa shape index (κ1) is 14.2. The highest BCUT2D eigenvalue weighted by Crippen LogP contribution is 2.15. The Balaban J connectivity index is 2.60. The third-order valence-electron chi connectivity index (χ3n) is 2.11. The first-order valence-electron chi connectivity index (χ1n) is 5.33. The predicted molar refractivity (Wildman–Crippen MR) is 70.5 cm³/mol. The van der Waals surface area contributed by atoms with Crippen molar-refractivity contribution in [1.82, 2.24) is 10.7 Å². The Kier molecular flexibility index (Phi) is 5.32. The molecule has 1 aromatic rings. The van der Waals surface area contributed by atoms with Crippen LogP contribution in [0.1, 0.15) is 19.4 Å². The number of hydrogen-bond donors (Lipinski definition) is 2. The molecule has 0 radical (unpaired) electrons. The van der Waals surface area contributed by atoms with Gasteiger partial charge >= 0.3 is 0 Å². The van der Waals surface area contributed by atoms with E-state index in [1.54, 1.807) is 19.1 Å². The van der Waals surface area contributed by atoms with Crippen LogP contribution in [-0.4, -0.2) is 24.1 Å². The van der Waals surface area contributed by atoms with E-state index in [9.17, 15) is 9.59 Å².